The summed E-state index contributed by atoms with van der Waals surface area (Å²) >= 11 is 0. The van der Waals surface area contributed by atoms with Gasteiger partial charge in [0.25, 0.3) is 0 Å². The predicted molar refractivity (Wildman–Crippen MR) is 62.2 cm³/mol. The van der Waals surface area contributed by atoms with Gasteiger partial charge in [-0.1, -0.05) is 13.8 Å². The molecule has 0 aromatic carbocycles. The van der Waals surface area contributed by atoms with Gasteiger partial charge in [0, 0.05) is 25.6 Å². The molecule has 0 rings (SSSR count). The highest BCUT2D eigenvalue weighted by atomic mass is 16.4. The van der Waals surface area contributed by atoms with E-state index in [0.29, 0.717) is 13.1 Å². The van der Waals surface area contributed by atoms with Crippen LogP contribution in [-0.2, 0) is 9.59 Å². The summed E-state index contributed by atoms with van der Waals surface area (Å²) in [6.07, 6.45) is 0.00584. The average Bonchev–Trinajstić information content (AvgIpc) is 2.16. The van der Waals surface area contributed by atoms with E-state index in [1.807, 2.05) is 32.8 Å². The molecule has 16 heavy (non-hydrogen) atoms. The molecule has 0 radical (unpaired) electrons. The standard InChI is InChI=1S/C11H22N2O3/c1-9(2)11(16)13(6-5-10(14)15)8-7-12(3)4/h9H,5-8H2,1-4H3,(H,14,15). The molecule has 0 atom stereocenters. The highest BCUT2D eigenvalue weighted by Gasteiger charge is 2.17. The number of carbonyl (C=O) groups is 2. The maximum Gasteiger partial charge on any atom is 0.305 e. The van der Waals surface area contributed by atoms with Crippen LogP contribution in [0.3, 0.4) is 0 Å². The molecule has 1 N–H and O–H groups in total. The molecule has 0 saturated carbocycles. The van der Waals surface area contributed by atoms with Gasteiger partial charge in [0.2, 0.25) is 5.91 Å². The number of likely N-dealkylation sites (N-methyl/N-ethyl adjacent to an activating group) is 1. The Morgan fingerprint density at radius 3 is 2.06 bits per heavy atom. The molecule has 0 fully saturated rings. The zero-order valence-corrected chi connectivity index (χ0v) is 10.6. The van der Waals surface area contributed by atoms with Crippen LogP contribution in [-0.4, -0.2) is 60.5 Å². The van der Waals surface area contributed by atoms with E-state index in [1.165, 1.54) is 0 Å². The summed E-state index contributed by atoms with van der Waals surface area (Å²) in [6, 6.07) is 0. The van der Waals surface area contributed by atoms with Gasteiger partial charge in [0.15, 0.2) is 0 Å². The molecule has 0 spiro atoms. The number of nitrogens with zero attached hydrogens (tertiary/aromatic N) is 2. The molecule has 0 saturated heterocycles. The van der Waals surface area contributed by atoms with E-state index in [0.717, 1.165) is 6.54 Å². The van der Waals surface area contributed by atoms with Crippen LogP contribution in [0.15, 0.2) is 0 Å². The first-order chi connectivity index (χ1) is 7.34. The molecule has 0 heterocycles. The van der Waals surface area contributed by atoms with Gasteiger partial charge in [-0.05, 0) is 14.1 Å². The Hall–Kier alpha value is -1.10. The second-order valence-corrected chi connectivity index (χ2v) is 4.43. The van der Waals surface area contributed by atoms with E-state index in [-0.39, 0.29) is 18.2 Å². The average molecular weight is 230 g/mol. The Kier molecular flexibility index (Phi) is 6.72. The van der Waals surface area contributed by atoms with E-state index in [2.05, 4.69) is 0 Å². The Labute approximate surface area is 97.0 Å². The van der Waals surface area contributed by atoms with E-state index < -0.39 is 5.97 Å². The third-order valence-electron chi connectivity index (χ3n) is 2.22. The number of hydrogen-bond acceptors (Lipinski definition) is 3. The Balaban J connectivity index is 4.26. The number of amides is 1. The van der Waals surface area contributed by atoms with Gasteiger partial charge in [-0.3, -0.25) is 9.59 Å². The highest BCUT2D eigenvalue weighted by molar-refractivity contribution is 5.78. The lowest BCUT2D eigenvalue weighted by molar-refractivity contribution is -0.139. The van der Waals surface area contributed by atoms with Gasteiger partial charge in [0.05, 0.1) is 6.42 Å². The van der Waals surface area contributed by atoms with Gasteiger partial charge in [0.1, 0.15) is 0 Å². The van der Waals surface area contributed by atoms with Gasteiger partial charge in [-0.2, -0.15) is 0 Å². The lowest BCUT2D eigenvalue weighted by Crippen LogP contribution is -2.40. The van der Waals surface area contributed by atoms with Gasteiger partial charge < -0.3 is 14.9 Å². The summed E-state index contributed by atoms with van der Waals surface area (Å²) in [5.41, 5.74) is 0. The highest BCUT2D eigenvalue weighted by Crippen LogP contribution is 2.02. The molecule has 5 heteroatoms. The number of aliphatic carboxylic acids is 1. The zero-order chi connectivity index (χ0) is 12.7. The second-order valence-electron chi connectivity index (χ2n) is 4.43. The second kappa shape index (κ2) is 7.22. The molecule has 0 aliphatic carbocycles. The molecule has 0 unspecified atom stereocenters. The van der Waals surface area contributed by atoms with Crippen molar-refractivity contribution in [2.45, 2.75) is 20.3 Å². The Bertz CT molecular complexity index is 239. The molecule has 5 nitrogen and oxygen atoms in total. The number of carbonyl (C=O) groups excluding carboxylic acids is 1. The van der Waals surface area contributed by atoms with Crippen LogP contribution in [0.2, 0.25) is 0 Å². The maximum absolute atomic E-state index is 11.8. The fourth-order valence-electron chi connectivity index (χ4n) is 1.25. The maximum atomic E-state index is 11.8. The molecule has 0 aromatic rings. The topological polar surface area (TPSA) is 60.9 Å². The third kappa shape index (κ3) is 6.40. The fraction of sp³-hybridized carbons (Fsp3) is 0.818. The number of rotatable bonds is 7. The van der Waals surface area contributed by atoms with Crippen molar-refractivity contribution in [2.75, 3.05) is 33.7 Å². The fourth-order valence-corrected chi connectivity index (χ4v) is 1.25. The predicted octanol–water partition coefficient (Wildman–Crippen LogP) is 0.507. The van der Waals surface area contributed by atoms with Crippen molar-refractivity contribution in [3.8, 4) is 0 Å². The molecule has 94 valence electrons. The zero-order valence-electron chi connectivity index (χ0n) is 10.6. The number of carboxylic acid groups (broad SMARTS) is 1. The van der Waals surface area contributed by atoms with Crippen molar-refractivity contribution in [3.05, 3.63) is 0 Å². The SMILES string of the molecule is CC(C)C(=O)N(CCC(=O)O)CCN(C)C. The van der Waals surface area contributed by atoms with E-state index >= 15 is 0 Å². The minimum Gasteiger partial charge on any atom is -0.481 e. The monoisotopic (exact) mass is 230 g/mol. The van der Waals surface area contributed by atoms with Gasteiger partial charge in [-0.15, -0.1) is 0 Å². The van der Waals surface area contributed by atoms with Crippen LogP contribution in [0.25, 0.3) is 0 Å². The van der Waals surface area contributed by atoms with Crippen LogP contribution in [0.1, 0.15) is 20.3 Å². The molecule has 0 aliphatic heterocycles. The van der Waals surface area contributed by atoms with Crippen molar-refractivity contribution in [1.29, 1.82) is 0 Å². The van der Waals surface area contributed by atoms with Crippen molar-refractivity contribution in [3.63, 3.8) is 0 Å². The van der Waals surface area contributed by atoms with Crippen molar-refractivity contribution in [2.24, 2.45) is 5.92 Å². The Morgan fingerprint density at radius 2 is 1.69 bits per heavy atom. The molecular formula is C11H22N2O3. The molecular weight excluding hydrogens is 208 g/mol. The number of hydrogen-bond donors (Lipinski definition) is 1. The number of carboxylic acids is 1. The normalized spacial score (nSPS) is 10.9. The van der Waals surface area contributed by atoms with Crippen molar-refractivity contribution < 1.29 is 14.7 Å². The van der Waals surface area contributed by atoms with Crippen molar-refractivity contribution >= 4 is 11.9 Å². The minimum atomic E-state index is -0.869. The Morgan fingerprint density at radius 1 is 1.12 bits per heavy atom. The quantitative estimate of drug-likeness (QED) is 0.692. The first kappa shape index (κ1) is 14.9. The van der Waals surface area contributed by atoms with Crippen LogP contribution in [0, 0.1) is 5.92 Å². The van der Waals surface area contributed by atoms with E-state index in [1.54, 1.807) is 4.90 Å². The molecule has 1 amide bonds. The van der Waals surface area contributed by atoms with Gasteiger partial charge >= 0.3 is 5.97 Å². The first-order valence-corrected chi connectivity index (χ1v) is 5.50. The van der Waals surface area contributed by atoms with E-state index in [4.69, 9.17) is 5.11 Å². The van der Waals surface area contributed by atoms with Gasteiger partial charge in [-0.25, -0.2) is 0 Å². The lowest BCUT2D eigenvalue weighted by atomic mass is 10.2. The van der Waals surface area contributed by atoms with Crippen molar-refractivity contribution in [1.82, 2.24) is 9.80 Å². The molecule has 0 aliphatic rings. The summed E-state index contributed by atoms with van der Waals surface area (Å²) in [4.78, 5) is 25.9. The van der Waals surface area contributed by atoms with Crippen LogP contribution in [0.5, 0.6) is 0 Å². The summed E-state index contributed by atoms with van der Waals surface area (Å²) in [5.74, 6) is -0.939. The summed E-state index contributed by atoms with van der Waals surface area (Å²) in [7, 11) is 3.85. The third-order valence-corrected chi connectivity index (χ3v) is 2.22. The van der Waals surface area contributed by atoms with Crippen LogP contribution >= 0.6 is 0 Å². The lowest BCUT2D eigenvalue weighted by Gasteiger charge is -2.25. The molecule has 0 bridgehead atoms. The van der Waals surface area contributed by atoms with Crippen LogP contribution in [0.4, 0.5) is 0 Å². The first-order valence-electron chi connectivity index (χ1n) is 5.50. The van der Waals surface area contributed by atoms with Crippen LogP contribution < -0.4 is 0 Å². The smallest absolute Gasteiger partial charge is 0.305 e. The van der Waals surface area contributed by atoms with E-state index in [9.17, 15) is 9.59 Å². The summed E-state index contributed by atoms with van der Waals surface area (Å²) in [5, 5.41) is 8.61. The summed E-state index contributed by atoms with van der Waals surface area (Å²) < 4.78 is 0. The largest absolute Gasteiger partial charge is 0.481 e. The summed E-state index contributed by atoms with van der Waals surface area (Å²) in [6.45, 7) is 5.27. The minimum absolute atomic E-state index is 0.00584. The molecule has 0 aromatic heterocycles.